The molecule has 1 fully saturated rings. The fourth-order valence-electron chi connectivity index (χ4n) is 2.16. The van der Waals surface area contributed by atoms with E-state index in [0.717, 1.165) is 24.9 Å². The summed E-state index contributed by atoms with van der Waals surface area (Å²) >= 11 is 0. The van der Waals surface area contributed by atoms with Crippen molar-refractivity contribution in [3.05, 3.63) is 0 Å². The second kappa shape index (κ2) is 4.07. The van der Waals surface area contributed by atoms with E-state index in [0.29, 0.717) is 0 Å². The Balaban J connectivity index is 2.30. The zero-order valence-electron chi connectivity index (χ0n) is 7.71. The van der Waals surface area contributed by atoms with E-state index in [4.69, 9.17) is 5.73 Å². The monoisotopic (exact) mass is 156 g/mol. The second-order valence-corrected chi connectivity index (χ2v) is 3.99. The average Bonchev–Trinajstić information content (AvgIpc) is 1.85. The van der Waals surface area contributed by atoms with E-state index >= 15 is 0 Å². The van der Waals surface area contributed by atoms with E-state index < -0.39 is 0 Å². The van der Waals surface area contributed by atoms with Gasteiger partial charge in [-0.15, -0.1) is 0 Å². The standard InChI is InChI=1S/C9H20N2/c1-8-5-9(2)7-11(6-8)4-3-10/h8-9H,3-7,10H2,1-2H3/t8-,9-/m1/s1. The SMILES string of the molecule is C[C@@H]1C[C@@H](C)CN(CCN)C1. The minimum absolute atomic E-state index is 0.805. The van der Waals surface area contributed by atoms with Gasteiger partial charge in [-0.3, -0.25) is 0 Å². The van der Waals surface area contributed by atoms with Crippen LogP contribution in [0.3, 0.4) is 0 Å². The third kappa shape index (κ3) is 2.80. The van der Waals surface area contributed by atoms with Crippen molar-refractivity contribution in [2.45, 2.75) is 20.3 Å². The molecule has 0 radical (unpaired) electrons. The van der Waals surface area contributed by atoms with Gasteiger partial charge in [-0.1, -0.05) is 13.8 Å². The topological polar surface area (TPSA) is 29.3 Å². The van der Waals surface area contributed by atoms with Gasteiger partial charge >= 0.3 is 0 Å². The number of nitrogens with zero attached hydrogens (tertiary/aromatic N) is 1. The highest BCUT2D eigenvalue weighted by atomic mass is 15.1. The van der Waals surface area contributed by atoms with Crippen molar-refractivity contribution in [3.63, 3.8) is 0 Å². The van der Waals surface area contributed by atoms with Gasteiger partial charge in [-0.25, -0.2) is 0 Å². The first-order valence-corrected chi connectivity index (χ1v) is 4.64. The molecule has 2 nitrogen and oxygen atoms in total. The van der Waals surface area contributed by atoms with Crippen LogP contribution >= 0.6 is 0 Å². The zero-order chi connectivity index (χ0) is 8.27. The minimum atomic E-state index is 0.805. The molecule has 0 unspecified atom stereocenters. The van der Waals surface area contributed by atoms with Gasteiger partial charge in [-0.2, -0.15) is 0 Å². The number of piperidine rings is 1. The first-order chi connectivity index (χ1) is 5.22. The van der Waals surface area contributed by atoms with Crippen LogP contribution in [0.5, 0.6) is 0 Å². The summed E-state index contributed by atoms with van der Waals surface area (Å²) in [6, 6.07) is 0. The third-order valence-electron chi connectivity index (χ3n) is 2.39. The summed E-state index contributed by atoms with van der Waals surface area (Å²) in [7, 11) is 0. The van der Waals surface area contributed by atoms with E-state index in [1.807, 2.05) is 0 Å². The lowest BCUT2D eigenvalue weighted by Crippen LogP contribution is -2.41. The molecule has 0 bridgehead atoms. The predicted molar refractivity (Wildman–Crippen MR) is 48.4 cm³/mol. The Morgan fingerprint density at radius 1 is 1.27 bits per heavy atom. The molecule has 0 aliphatic carbocycles. The van der Waals surface area contributed by atoms with Crippen LogP contribution < -0.4 is 5.73 Å². The van der Waals surface area contributed by atoms with Crippen LogP contribution in [-0.2, 0) is 0 Å². The van der Waals surface area contributed by atoms with Gasteiger partial charge in [0, 0.05) is 26.2 Å². The summed E-state index contributed by atoms with van der Waals surface area (Å²) in [4.78, 5) is 2.48. The fraction of sp³-hybridized carbons (Fsp3) is 1.00. The predicted octanol–water partition coefficient (Wildman–Crippen LogP) is 0.923. The average molecular weight is 156 g/mol. The van der Waals surface area contributed by atoms with E-state index in [1.54, 1.807) is 0 Å². The molecule has 0 aromatic rings. The van der Waals surface area contributed by atoms with Crippen LogP contribution in [0.1, 0.15) is 20.3 Å². The van der Waals surface area contributed by atoms with Crippen LogP contribution in [0.2, 0.25) is 0 Å². The molecule has 1 rings (SSSR count). The summed E-state index contributed by atoms with van der Waals surface area (Å²) in [5.41, 5.74) is 5.51. The summed E-state index contributed by atoms with van der Waals surface area (Å²) in [6.07, 6.45) is 1.39. The first-order valence-electron chi connectivity index (χ1n) is 4.64. The van der Waals surface area contributed by atoms with Gasteiger partial charge in [0.1, 0.15) is 0 Å². The molecule has 11 heavy (non-hydrogen) atoms. The molecule has 0 aromatic carbocycles. The molecule has 1 aliphatic heterocycles. The quantitative estimate of drug-likeness (QED) is 0.644. The van der Waals surface area contributed by atoms with Gasteiger partial charge in [-0.05, 0) is 18.3 Å². The highest BCUT2D eigenvalue weighted by Crippen LogP contribution is 2.19. The van der Waals surface area contributed by atoms with Gasteiger partial charge in [0.05, 0.1) is 0 Å². The fourth-order valence-corrected chi connectivity index (χ4v) is 2.16. The maximum absolute atomic E-state index is 5.51. The molecule has 2 heteroatoms. The highest BCUT2D eigenvalue weighted by molar-refractivity contribution is 4.74. The summed E-state index contributed by atoms with van der Waals surface area (Å²) in [6.45, 7) is 9.05. The maximum atomic E-state index is 5.51. The molecule has 0 amide bonds. The Bertz CT molecular complexity index is 104. The van der Waals surface area contributed by atoms with E-state index in [2.05, 4.69) is 18.7 Å². The molecular weight excluding hydrogens is 136 g/mol. The van der Waals surface area contributed by atoms with Crippen molar-refractivity contribution in [1.82, 2.24) is 4.90 Å². The number of hydrogen-bond donors (Lipinski definition) is 1. The van der Waals surface area contributed by atoms with Crippen LogP contribution in [0, 0.1) is 11.8 Å². The Morgan fingerprint density at radius 2 is 1.82 bits per heavy atom. The van der Waals surface area contributed by atoms with Crippen LogP contribution in [-0.4, -0.2) is 31.1 Å². The van der Waals surface area contributed by atoms with Gasteiger partial charge < -0.3 is 10.6 Å². The maximum Gasteiger partial charge on any atom is 0.0105 e. The van der Waals surface area contributed by atoms with Crippen LogP contribution in [0.15, 0.2) is 0 Å². The number of nitrogens with two attached hydrogens (primary N) is 1. The largest absolute Gasteiger partial charge is 0.329 e. The summed E-state index contributed by atoms with van der Waals surface area (Å²) < 4.78 is 0. The van der Waals surface area contributed by atoms with E-state index in [1.165, 1.54) is 19.5 Å². The number of rotatable bonds is 2. The Labute approximate surface area is 69.8 Å². The molecule has 0 spiro atoms. The Hall–Kier alpha value is -0.0800. The molecule has 1 aliphatic rings. The third-order valence-corrected chi connectivity index (χ3v) is 2.39. The Kier molecular flexibility index (Phi) is 3.34. The highest BCUT2D eigenvalue weighted by Gasteiger charge is 2.20. The van der Waals surface area contributed by atoms with Crippen LogP contribution in [0.25, 0.3) is 0 Å². The lowest BCUT2D eigenvalue weighted by Gasteiger charge is -2.34. The molecule has 0 saturated carbocycles. The molecule has 1 saturated heterocycles. The zero-order valence-corrected chi connectivity index (χ0v) is 7.71. The van der Waals surface area contributed by atoms with Crippen molar-refractivity contribution in [2.75, 3.05) is 26.2 Å². The number of hydrogen-bond acceptors (Lipinski definition) is 2. The minimum Gasteiger partial charge on any atom is -0.329 e. The van der Waals surface area contributed by atoms with Gasteiger partial charge in [0.15, 0.2) is 0 Å². The van der Waals surface area contributed by atoms with Crippen LogP contribution in [0.4, 0.5) is 0 Å². The van der Waals surface area contributed by atoms with Crippen molar-refractivity contribution >= 4 is 0 Å². The second-order valence-electron chi connectivity index (χ2n) is 3.99. The van der Waals surface area contributed by atoms with Crippen molar-refractivity contribution in [2.24, 2.45) is 17.6 Å². The lowest BCUT2D eigenvalue weighted by atomic mass is 9.92. The van der Waals surface area contributed by atoms with E-state index in [-0.39, 0.29) is 0 Å². The molecule has 2 N–H and O–H groups in total. The molecule has 66 valence electrons. The Morgan fingerprint density at radius 3 is 2.27 bits per heavy atom. The first kappa shape index (κ1) is 9.01. The molecule has 2 atom stereocenters. The van der Waals surface area contributed by atoms with Crippen molar-refractivity contribution < 1.29 is 0 Å². The lowest BCUT2D eigenvalue weighted by molar-refractivity contribution is 0.145. The van der Waals surface area contributed by atoms with Gasteiger partial charge in [0.2, 0.25) is 0 Å². The smallest absolute Gasteiger partial charge is 0.0105 e. The summed E-state index contributed by atoms with van der Waals surface area (Å²) in [5.74, 6) is 1.73. The number of likely N-dealkylation sites (tertiary alicyclic amines) is 1. The molecular formula is C9H20N2. The van der Waals surface area contributed by atoms with E-state index in [9.17, 15) is 0 Å². The van der Waals surface area contributed by atoms with Gasteiger partial charge in [0.25, 0.3) is 0 Å². The van der Waals surface area contributed by atoms with Crippen molar-refractivity contribution in [1.29, 1.82) is 0 Å². The molecule has 1 heterocycles. The normalized spacial score (nSPS) is 34.1. The molecule has 0 aromatic heterocycles. The van der Waals surface area contributed by atoms with Crippen molar-refractivity contribution in [3.8, 4) is 0 Å². The summed E-state index contributed by atoms with van der Waals surface area (Å²) in [5, 5.41) is 0.